The van der Waals surface area contributed by atoms with Crippen molar-refractivity contribution in [1.82, 2.24) is 0 Å². The summed E-state index contributed by atoms with van der Waals surface area (Å²) >= 11 is 5.90. The van der Waals surface area contributed by atoms with Crippen LogP contribution >= 0.6 is 11.6 Å². The molecule has 0 saturated heterocycles. The third-order valence-corrected chi connectivity index (χ3v) is 4.41. The van der Waals surface area contributed by atoms with Crippen molar-refractivity contribution in [3.63, 3.8) is 0 Å². The molecule has 0 bridgehead atoms. The molecule has 0 spiro atoms. The predicted octanol–water partition coefficient (Wildman–Crippen LogP) is 4.48. The molecular formula is C14H17ClF2O. The van der Waals surface area contributed by atoms with E-state index in [0.29, 0.717) is 0 Å². The fourth-order valence-electron chi connectivity index (χ4n) is 2.92. The summed E-state index contributed by atoms with van der Waals surface area (Å²) in [7, 11) is 0. The fourth-order valence-corrected chi connectivity index (χ4v) is 3.18. The molecule has 0 radical (unpaired) electrons. The molecule has 1 saturated carbocycles. The molecule has 1 nitrogen and oxygen atoms in total. The number of hydrogen-bond donors (Lipinski definition) is 1. The van der Waals surface area contributed by atoms with Crippen molar-refractivity contribution in [2.45, 2.75) is 39.2 Å². The van der Waals surface area contributed by atoms with Gasteiger partial charge in [-0.3, -0.25) is 0 Å². The van der Waals surface area contributed by atoms with Crippen LogP contribution in [0.15, 0.2) is 12.1 Å². The van der Waals surface area contributed by atoms with E-state index in [1.807, 2.05) is 0 Å². The van der Waals surface area contributed by atoms with E-state index >= 15 is 0 Å². The molecule has 1 aliphatic carbocycles. The second-order valence-corrected chi connectivity index (χ2v) is 6.13. The molecule has 2 unspecified atom stereocenters. The van der Waals surface area contributed by atoms with Gasteiger partial charge in [-0.2, -0.15) is 0 Å². The average Bonchev–Trinajstić information content (AvgIpc) is 2.62. The lowest BCUT2D eigenvalue weighted by Gasteiger charge is -2.31. The van der Waals surface area contributed by atoms with E-state index < -0.39 is 17.7 Å². The molecule has 1 fully saturated rings. The molecule has 18 heavy (non-hydrogen) atoms. The summed E-state index contributed by atoms with van der Waals surface area (Å²) in [6, 6.07) is 1.94. The summed E-state index contributed by atoms with van der Waals surface area (Å²) in [5.74, 6) is -1.93. The highest BCUT2D eigenvalue weighted by atomic mass is 35.5. The van der Waals surface area contributed by atoms with Crippen LogP contribution in [0.2, 0.25) is 5.02 Å². The normalized spacial score (nSPS) is 24.2. The van der Waals surface area contributed by atoms with Crippen LogP contribution in [0.25, 0.3) is 0 Å². The van der Waals surface area contributed by atoms with Gasteiger partial charge in [0, 0.05) is 10.6 Å². The maximum Gasteiger partial charge on any atom is 0.160 e. The third kappa shape index (κ3) is 2.39. The van der Waals surface area contributed by atoms with Crippen LogP contribution in [-0.2, 0) is 0 Å². The van der Waals surface area contributed by atoms with Crippen LogP contribution in [0.4, 0.5) is 8.78 Å². The van der Waals surface area contributed by atoms with Crippen molar-refractivity contribution in [2.75, 3.05) is 0 Å². The summed E-state index contributed by atoms with van der Waals surface area (Å²) in [6.45, 7) is 4.17. The first-order chi connectivity index (χ1) is 8.33. The second-order valence-electron chi connectivity index (χ2n) is 5.72. The maximum atomic E-state index is 13.3. The van der Waals surface area contributed by atoms with E-state index in [-0.39, 0.29) is 21.9 Å². The number of halogens is 3. The second kappa shape index (κ2) is 4.78. The van der Waals surface area contributed by atoms with Gasteiger partial charge in [-0.1, -0.05) is 31.9 Å². The molecule has 4 heteroatoms. The molecule has 0 aromatic heterocycles. The number of aliphatic hydroxyl groups excluding tert-OH is 1. The van der Waals surface area contributed by atoms with Crippen molar-refractivity contribution >= 4 is 11.6 Å². The summed E-state index contributed by atoms with van der Waals surface area (Å²) in [4.78, 5) is 0. The van der Waals surface area contributed by atoms with Gasteiger partial charge in [-0.25, -0.2) is 8.78 Å². The SMILES string of the molecule is CC1(C)CCCC1C(O)c1cc(F)c(F)cc1Cl. The number of benzene rings is 1. The van der Waals surface area contributed by atoms with Crippen LogP contribution < -0.4 is 0 Å². The predicted molar refractivity (Wildman–Crippen MR) is 67.4 cm³/mol. The first-order valence-corrected chi connectivity index (χ1v) is 6.53. The summed E-state index contributed by atoms with van der Waals surface area (Å²) < 4.78 is 26.3. The number of aliphatic hydroxyl groups is 1. The number of hydrogen-bond acceptors (Lipinski definition) is 1. The average molecular weight is 275 g/mol. The minimum Gasteiger partial charge on any atom is -0.388 e. The summed E-state index contributed by atoms with van der Waals surface area (Å²) in [6.07, 6.45) is 2.10. The Morgan fingerprint density at radius 3 is 2.50 bits per heavy atom. The lowest BCUT2D eigenvalue weighted by atomic mass is 9.77. The molecule has 2 atom stereocenters. The number of rotatable bonds is 2. The highest BCUT2D eigenvalue weighted by Crippen LogP contribution is 2.49. The summed E-state index contributed by atoms with van der Waals surface area (Å²) in [5.41, 5.74) is 0.281. The Kier molecular flexibility index (Phi) is 3.65. The molecule has 0 heterocycles. The zero-order valence-corrected chi connectivity index (χ0v) is 11.3. The molecule has 1 aromatic carbocycles. The Bertz CT molecular complexity index is 459. The van der Waals surface area contributed by atoms with E-state index in [1.54, 1.807) is 0 Å². The Morgan fingerprint density at radius 2 is 1.94 bits per heavy atom. The lowest BCUT2D eigenvalue weighted by molar-refractivity contribution is 0.0529. The molecule has 1 N–H and O–H groups in total. The van der Waals surface area contributed by atoms with Crippen LogP contribution in [0.1, 0.15) is 44.8 Å². The zero-order valence-electron chi connectivity index (χ0n) is 10.5. The van der Waals surface area contributed by atoms with Gasteiger partial charge in [0.05, 0.1) is 6.10 Å². The molecule has 0 amide bonds. The molecule has 100 valence electrons. The molecule has 0 aliphatic heterocycles. The van der Waals surface area contributed by atoms with Gasteiger partial charge in [0.2, 0.25) is 0 Å². The zero-order chi connectivity index (χ0) is 13.5. The smallest absolute Gasteiger partial charge is 0.160 e. The third-order valence-electron chi connectivity index (χ3n) is 4.08. The Hall–Kier alpha value is -0.670. The van der Waals surface area contributed by atoms with Crippen molar-refractivity contribution in [1.29, 1.82) is 0 Å². The standard InChI is InChI=1S/C14H17ClF2O/c1-14(2)5-3-4-9(14)13(18)8-6-11(16)12(17)7-10(8)15/h6-7,9,13,18H,3-5H2,1-2H3. The van der Waals surface area contributed by atoms with Gasteiger partial charge in [0.25, 0.3) is 0 Å². The van der Waals surface area contributed by atoms with E-state index in [2.05, 4.69) is 13.8 Å². The molecule has 2 rings (SSSR count). The summed E-state index contributed by atoms with van der Waals surface area (Å²) in [5, 5.41) is 10.5. The van der Waals surface area contributed by atoms with Gasteiger partial charge in [-0.05, 0) is 36.3 Å². The molecule has 1 aliphatic rings. The first kappa shape index (κ1) is 13.8. The molecular weight excluding hydrogens is 258 g/mol. The minimum atomic E-state index is -0.985. The van der Waals surface area contributed by atoms with Crippen molar-refractivity contribution in [3.8, 4) is 0 Å². The van der Waals surface area contributed by atoms with E-state index in [1.165, 1.54) is 0 Å². The first-order valence-electron chi connectivity index (χ1n) is 6.15. The van der Waals surface area contributed by atoms with E-state index in [4.69, 9.17) is 11.6 Å². The quantitative estimate of drug-likeness (QED) is 0.789. The van der Waals surface area contributed by atoms with Gasteiger partial charge in [0.1, 0.15) is 0 Å². The molecule has 1 aromatic rings. The largest absolute Gasteiger partial charge is 0.388 e. The topological polar surface area (TPSA) is 20.2 Å². The maximum absolute atomic E-state index is 13.3. The van der Waals surface area contributed by atoms with Gasteiger partial charge < -0.3 is 5.11 Å². The van der Waals surface area contributed by atoms with Gasteiger partial charge >= 0.3 is 0 Å². The van der Waals surface area contributed by atoms with Gasteiger partial charge in [0.15, 0.2) is 11.6 Å². The van der Waals surface area contributed by atoms with E-state index in [0.717, 1.165) is 31.4 Å². The minimum absolute atomic E-state index is 0.00634. The van der Waals surface area contributed by atoms with Crippen LogP contribution in [0.5, 0.6) is 0 Å². The highest BCUT2D eigenvalue weighted by molar-refractivity contribution is 6.31. The van der Waals surface area contributed by atoms with Crippen molar-refractivity contribution in [2.24, 2.45) is 11.3 Å². The fraction of sp³-hybridized carbons (Fsp3) is 0.571. The van der Waals surface area contributed by atoms with Crippen LogP contribution in [0, 0.1) is 23.0 Å². The van der Waals surface area contributed by atoms with Gasteiger partial charge in [-0.15, -0.1) is 0 Å². The van der Waals surface area contributed by atoms with E-state index in [9.17, 15) is 13.9 Å². The Balaban J connectivity index is 2.34. The van der Waals surface area contributed by atoms with Crippen LogP contribution in [0.3, 0.4) is 0 Å². The highest BCUT2D eigenvalue weighted by Gasteiger charge is 2.40. The Morgan fingerprint density at radius 1 is 1.33 bits per heavy atom. The van der Waals surface area contributed by atoms with Crippen molar-refractivity contribution < 1.29 is 13.9 Å². The van der Waals surface area contributed by atoms with Crippen molar-refractivity contribution in [3.05, 3.63) is 34.4 Å². The van der Waals surface area contributed by atoms with Crippen LogP contribution in [-0.4, -0.2) is 5.11 Å². The Labute approximate surface area is 111 Å². The monoisotopic (exact) mass is 274 g/mol. The lowest BCUT2D eigenvalue weighted by Crippen LogP contribution is -2.24.